The summed E-state index contributed by atoms with van der Waals surface area (Å²) in [5.74, 6) is 0.566. The topological polar surface area (TPSA) is 50.4 Å². The van der Waals surface area contributed by atoms with Crippen LogP contribution in [0.25, 0.3) is 0 Å². The third-order valence-electron chi connectivity index (χ3n) is 3.79. The van der Waals surface area contributed by atoms with Gasteiger partial charge in [0.05, 0.1) is 19.1 Å². The first-order valence-corrected chi connectivity index (χ1v) is 7.41. The molecule has 4 nitrogen and oxygen atoms in total. The zero-order valence-corrected chi connectivity index (χ0v) is 12.3. The Labute approximate surface area is 120 Å². The van der Waals surface area contributed by atoms with Crippen LogP contribution in [0.15, 0.2) is 24.3 Å². The average molecular weight is 276 g/mol. The summed E-state index contributed by atoms with van der Waals surface area (Å²) in [6, 6.07) is 8.11. The SMILES string of the molecule is CCC(C)c1ccc(NC(=O)CC2CNCCO2)cc1. The summed E-state index contributed by atoms with van der Waals surface area (Å²) < 4.78 is 5.53. The van der Waals surface area contributed by atoms with Gasteiger partial charge in [-0.25, -0.2) is 0 Å². The molecule has 0 aromatic heterocycles. The van der Waals surface area contributed by atoms with Gasteiger partial charge in [0.2, 0.25) is 5.91 Å². The Morgan fingerprint density at radius 1 is 1.45 bits per heavy atom. The molecule has 1 aliphatic rings. The number of hydrogen-bond donors (Lipinski definition) is 2. The number of hydrogen-bond acceptors (Lipinski definition) is 3. The fraction of sp³-hybridized carbons (Fsp3) is 0.562. The third-order valence-corrected chi connectivity index (χ3v) is 3.79. The van der Waals surface area contributed by atoms with Gasteiger partial charge in [-0.05, 0) is 30.0 Å². The molecule has 1 saturated heterocycles. The Kier molecular flexibility index (Phi) is 5.56. The molecule has 1 amide bonds. The molecule has 1 heterocycles. The lowest BCUT2D eigenvalue weighted by Gasteiger charge is -2.23. The number of nitrogens with one attached hydrogen (secondary N) is 2. The second kappa shape index (κ2) is 7.41. The number of amides is 1. The van der Waals surface area contributed by atoms with Crippen molar-refractivity contribution in [3.8, 4) is 0 Å². The van der Waals surface area contributed by atoms with Gasteiger partial charge in [0.25, 0.3) is 0 Å². The van der Waals surface area contributed by atoms with Crippen LogP contribution in [0.3, 0.4) is 0 Å². The van der Waals surface area contributed by atoms with E-state index in [9.17, 15) is 4.79 Å². The molecule has 110 valence electrons. The minimum atomic E-state index is -0.0110. The van der Waals surface area contributed by atoms with Gasteiger partial charge in [0, 0.05) is 18.8 Å². The summed E-state index contributed by atoms with van der Waals surface area (Å²) in [7, 11) is 0. The van der Waals surface area contributed by atoms with Crippen molar-refractivity contribution in [1.82, 2.24) is 5.32 Å². The normalized spacial score (nSPS) is 20.4. The number of carbonyl (C=O) groups excluding carboxylic acids is 1. The molecule has 0 aliphatic carbocycles. The zero-order chi connectivity index (χ0) is 14.4. The van der Waals surface area contributed by atoms with E-state index in [0.717, 1.165) is 25.2 Å². The maximum absolute atomic E-state index is 11.9. The summed E-state index contributed by atoms with van der Waals surface area (Å²) in [5, 5.41) is 6.15. The lowest BCUT2D eigenvalue weighted by atomic mass is 9.98. The highest BCUT2D eigenvalue weighted by Crippen LogP contribution is 2.20. The lowest BCUT2D eigenvalue weighted by Crippen LogP contribution is -2.40. The van der Waals surface area contributed by atoms with E-state index in [0.29, 0.717) is 18.9 Å². The Bertz CT molecular complexity index is 425. The van der Waals surface area contributed by atoms with Crippen molar-refractivity contribution >= 4 is 11.6 Å². The van der Waals surface area contributed by atoms with Gasteiger partial charge in [-0.2, -0.15) is 0 Å². The first-order valence-electron chi connectivity index (χ1n) is 7.41. The van der Waals surface area contributed by atoms with E-state index in [1.165, 1.54) is 5.56 Å². The van der Waals surface area contributed by atoms with Gasteiger partial charge >= 0.3 is 0 Å². The number of anilines is 1. The molecule has 1 fully saturated rings. The van der Waals surface area contributed by atoms with E-state index in [4.69, 9.17) is 4.74 Å². The quantitative estimate of drug-likeness (QED) is 0.869. The summed E-state index contributed by atoms with van der Waals surface area (Å²) in [6.45, 7) is 6.69. The summed E-state index contributed by atoms with van der Waals surface area (Å²) >= 11 is 0. The van der Waals surface area contributed by atoms with Gasteiger partial charge in [0.1, 0.15) is 0 Å². The van der Waals surface area contributed by atoms with Crippen LogP contribution in [-0.4, -0.2) is 31.7 Å². The third kappa shape index (κ3) is 4.32. The Balaban J connectivity index is 1.84. The predicted molar refractivity (Wildman–Crippen MR) is 81.0 cm³/mol. The fourth-order valence-electron chi connectivity index (χ4n) is 2.30. The molecule has 1 aromatic carbocycles. The van der Waals surface area contributed by atoms with Crippen molar-refractivity contribution in [2.45, 2.75) is 38.7 Å². The van der Waals surface area contributed by atoms with Crippen LogP contribution in [-0.2, 0) is 9.53 Å². The van der Waals surface area contributed by atoms with E-state index in [-0.39, 0.29) is 12.0 Å². The van der Waals surface area contributed by atoms with Crippen molar-refractivity contribution in [3.63, 3.8) is 0 Å². The maximum Gasteiger partial charge on any atom is 0.227 e. The second-order valence-corrected chi connectivity index (χ2v) is 5.38. The van der Waals surface area contributed by atoms with Crippen molar-refractivity contribution in [3.05, 3.63) is 29.8 Å². The number of rotatable bonds is 5. The summed E-state index contributed by atoms with van der Waals surface area (Å²) in [5.41, 5.74) is 2.16. The molecular weight excluding hydrogens is 252 g/mol. The molecule has 1 aliphatic heterocycles. The minimum absolute atomic E-state index is 0.00925. The van der Waals surface area contributed by atoms with Crippen LogP contribution < -0.4 is 10.6 Å². The molecule has 20 heavy (non-hydrogen) atoms. The molecular formula is C16H24N2O2. The summed E-state index contributed by atoms with van der Waals surface area (Å²) in [6.07, 6.45) is 1.51. The number of benzene rings is 1. The Morgan fingerprint density at radius 3 is 2.80 bits per heavy atom. The molecule has 2 N–H and O–H groups in total. The highest BCUT2D eigenvalue weighted by Gasteiger charge is 2.17. The van der Waals surface area contributed by atoms with Gasteiger partial charge in [-0.15, -0.1) is 0 Å². The monoisotopic (exact) mass is 276 g/mol. The predicted octanol–water partition coefficient (Wildman–Crippen LogP) is 2.52. The van der Waals surface area contributed by atoms with E-state index in [1.807, 2.05) is 12.1 Å². The highest BCUT2D eigenvalue weighted by atomic mass is 16.5. The molecule has 1 aromatic rings. The Morgan fingerprint density at radius 2 is 2.20 bits per heavy atom. The smallest absolute Gasteiger partial charge is 0.227 e. The van der Waals surface area contributed by atoms with Crippen molar-refractivity contribution in [2.24, 2.45) is 0 Å². The van der Waals surface area contributed by atoms with Crippen LogP contribution >= 0.6 is 0 Å². The van der Waals surface area contributed by atoms with Crippen molar-refractivity contribution in [1.29, 1.82) is 0 Å². The maximum atomic E-state index is 11.9. The molecule has 4 heteroatoms. The first kappa shape index (κ1) is 15.0. The highest BCUT2D eigenvalue weighted by molar-refractivity contribution is 5.91. The molecule has 2 unspecified atom stereocenters. The molecule has 0 spiro atoms. The van der Waals surface area contributed by atoms with Gasteiger partial charge in [-0.3, -0.25) is 4.79 Å². The van der Waals surface area contributed by atoms with E-state index < -0.39 is 0 Å². The zero-order valence-electron chi connectivity index (χ0n) is 12.3. The van der Waals surface area contributed by atoms with E-state index in [1.54, 1.807) is 0 Å². The van der Waals surface area contributed by atoms with Crippen LogP contribution in [0.2, 0.25) is 0 Å². The molecule has 2 atom stereocenters. The number of ether oxygens (including phenoxy) is 1. The standard InChI is InChI=1S/C16H24N2O2/c1-3-12(2)13-4-6-14(7-5-13)18-16(19)10-15-11-17-8-9-20-15/h4-7,12,15,17H,3,8-11H2,1-2H3,(H,18,19). The van der Waals surface area contributed by atoms with E-state index in [2.05, 4.69) is 36.6 Å². The van der Waals surface area contributed by atoms with Crippen LogP contribution in [0.1, 0.15) is 38.2 Å². The second-order valence-electron chi connectivity index (χ2n) is 5.38. The van der Waals surface area contributed by atoms with Crippen LogP contribution in [0, 0.1) is 0 Å². The van der Waals surface area contributed by atoms with Crippen LogP contribution in [0.4, 0.5) is 5.69 Å². The van der Waals surface area contributed by atoms with Gasteiger partial charge in [-0.1, -0.05) is 26.0 Å². The fourth-order valence-corrected chi connectivity index (χ4v) is 2.30. The largest absolute Gasteiger partial charge is 0.375 e. The van der Waals surface area contributed by atoms with Gasteiger partial charge < -0.3 is 15.4 Å². The average Bonchev–Trinajstić information content (AvgIpc) is 2.48. The number of carbonyl (C=O) groups is 1. The van der Waals surface area contributed by atoms with Crippen molar-refractivity contribution in [2.75, 3.05) is 25.0 Å². The molecule has 0 saturated carbocycles. The minimum Gasteiger partial charge on any atom is -0.375 e. The van der Waals surface area contributed by atoms with Gasteiger partial charge in [0.15, 0.2) is 0 Å². The van der Waals surface area contributed by atoms with Crippen molar-refractivity contribution < 1.29 is 9.53 Å². The summed E-state index contributed by atoms with van der Waals surface area (Å²) in [4.78, 5) is 11.9. The Hall–Kier alpha value is -1.39. The number of morpholine rings is 1. The molecule has 2 rings (SSSR count). The molecule has 0 radical (unpaired) electrons. The first-order chi connectivity index (χ1) is 9.69. The molecule has 0 bridgehead atoms. The lowest BCUT2D eigenvalue weighted by molar-refractivity contribution is -0.119. The van der Waals surface area contributed by atoms with Crippen LogP contribution in [0.5, 0.6) is 0 Å². The van der Waals surface area contributed by atoms with E-state index >= 15 is 0 Å².